The summed E-state index contributed by atoms with van der Waals surface area (Å²) in [6.45, 7) is 1.98. The number of rotatable bonds is 5. The van der Waals surface area contributed by atoms with Crippen LogP contribution in [0.5, 0.6) is 0 Å². The molecule has 0 radical (unpaired) electrons. The summed E-state index contributed by atoms with van der Waals surface area (Å²) in [4.78, 5) is 0. The number of hydrogen-bond acceptors (Lipinski definition) is 2. The fraction of sp³-hybridized carbons (Fsp3) is 1.00. The maximum atomic E-state index is 12.0. The molecular formula is C7H13F2NO2S. The van der Waals surface area contributed by atoms with E-state index in [9.17, 15) is 17.2 Å². The largest absolute Gasteiger partial charge is 0.241 e. The lowest BCUT2D eigenvalue weighted by Gasteiger charge is -2.02. The Morgan fingerprint density at radius 3 is 2.54 bits per heavy atom. The van der Waals surface area contributed by atoms with E-state index in [-0.39, 0.29) is 11.7 Å². The Morgan fingerprint density at radius 1 is 1.54 bits per heavy atom. The molecule has 0 heterocycles. The van der Waals surface area contributed by atoms with Crippen molar-refractivity contribution in [1.29, 1.82) is 0 Å². The second kappa shape index (κ2) is 3.88. The maximum absolute atomic E-state index is 12.0. The molecule has 1 saturated carbocycles. The molecule has 1 N–H and O–H groups in total. The van der Waals surface area contributed by atoms with Gasteiger partial charge in [-0.25, -0.2) is 21.9 Å². The summed E-state index contributed by atoms with van der Waals surface area (Å²) >= 11 is 0. The topological polar surface area (TPSA) is 46.2 Å². The highest BCUT2D eigenvalue weighted by Gasteiger charge is 2.45. The van der Waals surface area contributed by atoms with Crippen molar-refractivity contribution in [3.8, 4) is 0 Å². The molecule has 0 aromatic carbocycles. The van der Waals surface area contributed by atoms with Crippen molar-refractivity contribution in [2.75, 3.05) is 12.3 Å². The van der Waals surface area contributed by atoms with Crippen molar-refractivity contribution in [2.45, 2.75) is 19.8 Å². The molecule has 0 aromatic heterocycles. The molecule has 2 atom stereocenters. The van der Waals surface area contributed by atoms with Gasteiger partial charge in [-0.3, -0.25) is 0 Å². The third-order valence-corrected chi connectivity index (χ3v) is 3.69. The molecule has 1 aliphatic rings. The summed E-state index contributed by atoms with van der Waals surface area (Å²) in [5.41, 5.74) is 0. The summed E-state index contributed by atoms with van der Waals surface area (Å²) in [5.74, 6) is -1.20. The molecule has 1 rings (SSSR count). The Balaban J connectivity index is 2.36. The molecular weight excluding hydrogens is 200 g/mol. The van der Waals surface area contributed by atoms with Crippen LogP contribution in [0.4, 0.5) is 8.78 Å². The van der Waals surface area contributed by atoms with Crippen LogP contribution in [0.25, 0.3) is 0 Å². The first kappa shape index (κ1) is 10.8. The van der Waals surface area contributed by atoms with E-state index in [2.05, 4.69) is 4.72 Å². The lowest BCUT2D eigenvalue weighted by atomic mass is 10.4. The number of halogens is 2. The van der Waals surface area contributed by atoms with Crippen LogP contribution in [-0.4, -0.2) is 27.1 Å². The molecule has 0 spiro atoms. The molecule has 0 aromatic rings. The normalized spacial score (nSPS) is 28.0. The van der Waals surface area contributed by atoms with Crippen LogP contribution >= 0.6 is 0 Å². The van der Waals surface area contributed by atoms with E-state index >= 15 is 0 Å². The first-order valence-corrected chi connectivity index (χ1v) is 5.87. The zero-order chi connectivity index (χ0) is 10.1. The third kappa shape index (κ3) is 3.19. The Morgan fingerprint density at radius 2 is 2.15 bits per heavy atom. The highest BCUT2D eigenvalue weighted by Crippen LogP contribution is 2.43. The monoisotopic (exact) mass is 213 g/mol. The zero-order valence-corrected chi connectivity index (χ0v) is 8.15. The van der Waals surface area contributed by atoms with Gasteiger partial charge in [-0.2, -0.15) is 0 Å². The van der Waals surface area contributed by atoms with Crippen molar-refractivity contribution < 1.29 is 17.2 Å². The standard InChI is InChI=1S/C7H13F2NO2S/c1-2-10-13(11,12)4-5-3-6(5)7(8)9/h5-7,10H,2-4H2,1H3/t5-,6-/m1/s1. The van der Waals surface area contributed by atoms with E-state index in [1.807, 2.05) is 0 Å². The molecule has 78 valence electrons. The van der Waals surface area contributed by atoms with E-state index in [4.69, 9.17) is 0 Å². The molecule has 0 aliphatic heterocycles. The average molecular weight is 213 g/mol. The first-order chi connectivity index (χ1) is 5.96. The van der Waals surface area contributed by atoms with Gasteiger partial charge >= 0.3 is 0 Å². The molecule has 0 bridgehead atoms. The summed E-state index contributed by atoms with van der Waals surface area (Å²) in [5, 5.41) is 0. The first-order valence-electron chi connectivity index (χ1n) is 4.21. The number of nitrogens with one attached hydrogen (secondary N) is 1. The summed E-state index contributed by atoms with van der Waals surface area (Å²) in [6, 6.07) is 0. The third-order valence-electron chi connectivity index (χ3n) is 2.10. The van der Waals surface area contributed by atoms with Crippen molar-refractivity contribution in [3.05, 3.63) is 0 Å². The molecule has 0 unspecified atom stereocenters. The Kier molecular flexibility index (Phi) is 3.23. The van der Waals surface area contributed by atoms with Gasteiger partial charge in [0.1, 0.15) is 0 Å². The minimum Gasteiger partial charge on any atom is -0.216 e. The van der Waals surface area contributed by atoms with Crippen LogP contribution in [-0.2, 0) is 10.0 Å². The van der Waals surface area contributed by atoms with Crippen molar-refractivity contribution in [3.63, 3.8) is 0 Å². The van der Waals surface area contributed by atoms with Crippen LogP contribution in [0, 0.1) is 11.8 Å². The molecule has 0 saturated heterocycles. The minimum atomic E-state index is -3.32. The predicted molar refractivity (Wildman–Crippen MR) is 45.1 cm³/mol. The molecule has 13 heavy (non-hydrogen) atoms. The summed E-state index contributed by atoms with van der Waals surface area (Å²) in [7, 11) is -3.32. The van der Waals surface area contributed by atoms with E-state index < -0.39 is 22.4 Å². The van der Waals surface area contributed by atoms with E-state index in [0.717, 1.165) is 0 Å². The van der Waals surface area contributed by atoms with Gasteiger partial charge in [0, 0.05) is 12.5 Å². The van der Waals surface area contributed by atoms with E-state index in [1.165, 1.54) is 0 Å². The van der Waals surface area contributed by atoms with Crippen LogP contribution < -0.4 is 4.72 Å². The van der Waals surface area contributed by atoms with Gasteiger partial charge in [0.15, 0.2) is 0 Å². The van der Waals surface area contributed by atoms with Crippen molar-refractivity contribution in [2.24, 2.45) is 11.8 Å². The molecule has 6 heteroatoms. The van der Waals surface area contributed by atoms with E-state index in [1.54, 1.807) is 6.92 Å². The Labute approximate surface area is 76.6 Å². The molecule has 0 amide bonds. The van der Waals surface area contributed by atoms with Crippen molar-refractivity contribution in [1.82, 2.24) is 4.72 Å². The SMILES string of the molecule is CCNS(=O)(=O)C[C@H]1C[C@H]1C(F)F. The van der Waals surface area contributed by atoms with Crippen LogP contribution in [0.15, 0.2) is 0 Å². The van der Waals surface area contributed by atoms with E-state index in [0.29, 0.717) is 13.0 Å². The number of hydrogen-bond donors (Lipinski definition) is 1. The highest BCUT2D eigenvalue weighted by atomic mass is 32.2. The van der Waals surface area contributed by atoms with Crippen LogP contribution in [0.1, 0.15) is 13.3 Å². The smallest absolute Gasteiger partial charge is 0.216 e. The quantitative estimate of drug-likeness (QED) is 0.735. The predicted octanol–water partition coefficient (Wildman–Crippen LogP) is 0.827. The van der Waals surface area contributed by atoms with Crippen LogP contribution in [0.3, 0.4) is 0 Å². The molecule has 1 aliphatic carbocycles. The molecule has 3 nitrogen and oxygen atoms in total. The van der Waals surface area contributed by atoms with Gasteiger partial charge in [0.2, 0.25) is 16.4 Å². The fourth-order valence-corrected chi connectivity index (χ4v) is 2.84. The van der Waals surface area contributed by atoms with Gasteiger partial charge in [-0.15, -0.1) is 0 Å². The van der Waals surface area contributed by atoms with Gasteiger partial charge < -0.3 is 0 Å². The lowest BCUT2D eigenvalue weighted by molar-refractivity contribution is 0.117. The number of alkyl halides is 2. The lowest BCUT2D eigenvalue weighted by Crippen LogP contribution is -2.27. The summed E-state index contributed by atoms with van der Waals surface area (Å²) in [6.07, 6.45) is -2.04. The average Bonchev–Trinajstić information content (AvgIpc) is 2.65. The summed E-state index contributed by atoms with van der Waals surface area (Å²) < 4.78 is 48.5. The Bertz CT molecular complexity index is 266. The zero-order valence-electron chi connectivity index (χ0n) is 7.33. The van der Waals surface area contributed by atoms with Gasteiger partial charge in [-0.05, 0) is 12.3 Å². The second-order valence-corrected chi connectivity index (χ2v) is 5.12. The van der Waals surface area contributed by atoms with Crippen LogP contribution in [0.2, 0.25) is 0 Å². The minimum absolute atomic E-state index is 0.157. The maximum Gasteiger partial charge on any atom is 0.241 e. The number of sulfonamides is 1. The highest BCUT2D eigenvalue weighted by molar-refractivity contribution is 7.89. The van der Waals surface area contributed by atoms with Crippen molar-refractivity contribution >= 4 is 10.0 Å². The van der Waals surface area contributed by atoms with Gasteiger partial charge in [0.05, 0.1) is 5.75 Å². The van der Waals surface area contributed by atoms with Gasteiger partial charge in [0.25, 0.3) is 0 Å². The van der Waals surface area contributed by atoms with Gasteiger partial charge in [-0.1, -0.05) is 6.92 Å². The second-order valence-electron chi connectivity index (χ2n) is 3.27. The Hall–Kier alpha value is -0.230. The fourth-order valence-electron chi connectivity index (χ4n) is 1.33. The molecule has 1 fully saturated rings.